The van der Waals surface area contributed by atoms with Crippen LogP contribution in [0, 0.1) is 0 Å². The summed E-state index contributed by atoms with van der Waals surface area (Å²) in [6, 6.07) is 11.3. The lowest BCUT2D eigenvalue weighted by atomic mass is 10.0. The molecular formula is C20H20N4O2S. The molecule has 4 rings (SSSR count). The zero-order chi connectivity index (χ0) is 18.6. The zero-order valence-electron chi connectivity index (χ0n) is 14.7. The van der Waals surface area contributed by atoms with Crippen LogP contribution in [-0.2, 0) is 0 Å². The fourth-order valence-corrected chi connectivity index (χ4v) is 3.94. The minimum atomic E-state index is -0.0739. The van der Waals surface area contributed by atoms with E-state index in [1.54, 1.807) is 12.5 Å². The van der Waals surface area contributed by atoms with Crippen LogP contribution in [-0.4, -0.2) is 45.4 Å². The number of hydrogen-bond acceptors (Lipinski definition) is 4. The van der Waals surface area contributed by atoms with Crippen molar-refractivity contribution < 1.29 is 9.59 Å². The second kappa shape index (κ2) is 7.75. The number of carbonyl (C=O) groups is 2. The summed E-state index contributed by atoms with van der Waals surface area (Å²) in [6.07, 6.45) is 6.85. The standard InChI is InChI=1S/C20H20N4O2S/c25-19(15-3-5-17(6-4-15)24-12-9-21-14-24)22-16-7-10-23(11-8-16)20(26)18-2-1-13-27-18/h1-6,9,12-14,16H,7-8,10-11H2,(H,22,25). The zero-order valence-corrected chi connectivity index (χ0v) is 15.6. The van der Waals surface area contributed by atoms with Crippen molar-refractivity contribution in [2.75, 3.05) is 13.1 Å². The molecule has 3 aromatic rings. The Hall–Kier alpha value is -2.93. The summed E-state index contributed by atoms with van der Waals surface area (Å²) in [7, 11) is 0. The van der Waals surface area contributed by atoms with Gasteiger partial charge in [-0.1, -0.05) is 6.07 Å². The van der Waals surface area contributed by atoms with Gasteiger partial charge in [0, 0.05) is 42.8 Å². The van der Waals surface area contributed by atoms with Gasteiger partial charge in [-0.3, -0.25) is 9.59 Å². The molecule has 0 radical (unpaired) electrons. The summed E-state index contributed by atoms with van der Waals surface area (Å²) >= 11 is 1.47. The highest BCUT2D eigenvalue weighted by molar-refractivity contribution is 7.12. The summed E-state index contributed by atoms with van der Waals surface area (Å²) in [5, 5.41) is 5.01. The average molecular weight is 380 g/mol. The number of benzene rings is 1. The first-order valence-electron chi connectivity index (χ1n) is 8.93. The van der Waals surface area contributed by atoms with Gasteiger partial charge < -0.3 is 14.8 Å². The monoisotopic (exact) mass is 380 g/mol. The predicted molar refractivity (Wildman–Crippen MR) is 104 cm³/mol. The molecule has 7 heteroatoms. The third-order valence-electron chi connectivity index (χ3n) is 4.78. The molecule has 1 aliphatic rings. The van der Waals surface area contributed by atoms with Crippen LogP contribution in [0.25, 0.3) is 5.69 Å². The molecule has 0 aliphatic carbocycles. The van der Waals surface area contributed by atoms with Crippen LogP contribution in [0.5, 0.6) is 0 Å². The van der Waals surface area contributed by atoms with Crippen molar-refractivity contribution in [3.8, 4) is 5.69 Å². The van der Waals surface area contributed by atoms with E-state index in [9.17, 15) is 9.59 Å². The van der Waals surface area contributed by atoms with Gasteiger partial charge in [0.1, 0.15) is 0 Å². The molecular weight excluding hydrogens is 360 g/mol. The first-order valence-corrected chi connectivity index (χ1v) is 9.81. The molecule has 2 amide bonds. The number of nitrogens with zero attached hydrogens (tertiary/aromatic N) is 3. The van der Waals surface area contributed by atoms with Crippen LogP contribution in [0.1, 0.15) is 32.9 Å². The molecule has 2 aromatic heterocycles. The minimum absolute atomic E-state index is 0.0739. The van der Waals surface area contributed by atoms with E-state index < -0.39 is 0 Å². The van der Waals surface area contributed by atoms with Crippen molar-refractivity contribution in [3.63, 3.8) is 0 Å². The lowest BCUT2D eigenvalue weighted by Crippen LogP contribution is -2.46. The average Bonchev–Trinajstić information content (AvgIpc) is 3.42. The molecule has 1 fully saturated rings. The molecule has 1 saturated heterocycles. The third kappa shape index (κ3) is 3.93. The Kier molecular flexibility index (Phi) is 5.02. The third-order valence-corrected chi connectivity index (χ3v) is 5.64. The van der Waals surface area contributed by atoms with Crippen LogP contribution < -0.4 is 5.32 Å². The smallest absolute Gasteiger partial charge is 0.263 e. The quantitative estimate of drug-likeness (QED) is 0.757. The van der Waals surface area contributed by atoms with Crippen LogP contribution >= 0.6 is 11.3 Å². The van der Waals surface area contributed by atoms with Gasteiger partial charge in [0.25, 0.3) is 11.8 Å². The Morgan fingerprint density at radius 2 is 1.89 bits per heavy atom. The van der Waals surface area contributed by atoms with Crippen molar-refractivity contribution in [1.29, 1.82) is 0 Å². The molecule has 0 atom stereocenters. The largest absolute Gasteiger partial charge is 0.349 e. The van der Waals surface area contributed by atoms with Crippen LogP contribution in [0.2, 0.25) is 0 Å². The normalized spacial score (nSPS) is 14.9. The minimum Gasteiger partial charge on any atom is -0.349 e. The fraction of sp³-hybridized carbons (Fsp3) is 0.250. The first-order chi connectivity index (χ1) is 13.2. The Morgan fingerprint density at radius 3 is 2.52 bits per heavy atom. The lowest BCUT2D eigenvalue weighted by molar-refractivity contribution is 0.0703. The highest BCUT2D eigenvalue weighted by atomic mass is 32.1. The number of rotatable bonds is 4. The van der Waals surface area contributed by atoms with Gasteiger partial charge in [-0.15, -0.1) is 11.3 Å². The van der Waals surface area contributed by atoms with E-state index in [1.807, 2.05) is 57.4 Å². The summed E-state index contributed by atoms with van der Waals surface area (Å²) < 4.78 is 1.89. The number of hydrogen-bond donors (Lipinski definition) is 1. The van der Waals surface area contributed by atoms with E-state index in [0.717, 1.165) is 23.4 Å². The number of imidazole rings is 1. The Labute approximate surface area is 161 Å². The van der Waals surface area contributed by atoms with Crippen molar-refractivity contribution in [3.05, 3.63) is 70.9 Å². The Balaban J connectivity index is 1.31. The van der Waals surface area contributed by atoms with Gasteiger partial charge >= 0.3 is 0 Å². The van der Waals surface area contributed by atoms with E-state index >= 15 is 0 Å². The van der Waals surface area contributed by atoms with Crippen molar-refractivity contribution in [2.24, 2.45) is 0 Å². The van der Waals surface area contributed by atoms with Gasteiger partial charge in [0.05, 0.1) is 11.2 Å². The van der Waals surface area contributed by atoms with Crippen molar-refractivity contribution in [1.82, 2.24) is 19.8 Å². The maximum Gasteiger partial charge on any atom is 0.263 e. The molecule has 1 N–H and O–H groups in total. The van der Waals surface area contributed by atoms with E-state index in [1.165, 1.54) is 11.3 Å². The molecule has 0 bridgehead atoms. The van der Waals surface area contributed by atoms with E-state index in [2.05, 4.69) is 10.3 Å². The summed E-state index contributed by atoms with van der Waals surface area (Å²) in [5.41, 5.74) is 1.60. The number of piperidine rings is 1. The molecule has 0 spiro atoms. The number of thiophene rings is 1. The van der Waals surface area contributed by atoms with E-state index in [-0.39, 0.29) is 17.9 Å². The molecule has 1 aromatic carbocycles. The SMILES string of the molecule is O=C(NC1CCN(C(=O)c2cccs2)CC1)c1ccc(-n2ccnc2)cc1. The Morgan fingerprint density at radius 1 is 1.11 bits per heavy atom. The predicted octanol–water partition coefficient (Wildman–Crippen LogP) is 2.97. The van der Waals surface area contributed by atoms with Gasteiger partial charge in [-0.2, -0.15) is 0 Å². The molecule has 3 heterocycles. The lowest BCUT2D eigenvalue weighted by Gasteiger charge is -2.32. The van der Waals surface area contributed by atoms with Gasteiger partial charge in [0.15, 0.2) is 0 Å². The molecule has 0 saturated carbocycles. The highest BCUT2D eigenvalue weighted by Crippen LogP contribution is 2.17. The second-order valence-corrected chi connectivity index (χ2v) is 7.48. The van der Waals surface area contributed by atoms with Crippen molar-refractivity contribution >= 4 is 23.2 Å². The summed E-state index contributed by atoms with van der Waals surface area (Å²) in [6.45, 7) is 1.34. The maximum absolute atomic E-state index is 12.5. The number of likely N-dealkylation sites (tertiary alicyclic amines) is 1. The number of nitrogens with one attached hydrogen (secondary N) is 1. The second-order valence-electron chi connectivity index (χ2n) is 6.53. The van der Waals surface area contributed by atoms with Crippen LogP contribution in [0.4, 0.5) is 0 Å². The number of aromatic nitrogens is 2. The Bertz CT molecular complexity index is 896. The fourth-order valence-electron chi connectivity index (χ4n) is 3.25. The maximum atomic E-state index is 12.5. The number of carbonyl (C=O) groups excluding carboxylic acids is 2. The van der Waals surface area contributed by atoms with Crippen LogP contribution in [0.15, 0.2) is 60.5 Å². The summed E-state index contributed by atoms with van der Waals surface area (Å²) in [5.74, 6) is 0.0140. The molecule has 138 valence electrons. The topological polar surface area (TPSA) is 67.2 Å². The highest BCUT2D eigenvalue weighted by Gasteiger charge is 2.25. The molecule has 1 aliphatic heterocycles. The summed E-state index contributed by atoms with van der Waals surface area (Å²) in [4.78, 5) is 31.6. The van der Waals surface area contributed by atoms with E-state index in [0.29, 0.717) is 18.7 Å². The van der Waals surface area contributed by atoms with Gasteiger partial charge in [0.2, 0.25) is 0 Å². The van der Waals surface area contributed by atoms with Gasteiger partial charge in [-0.25, -0.2) is 4.98 Å². The van der Waals surface area contributed by atoms with E-state index in [4.69, 9.17) is 0 Å². The molecule has 0 unspecified atom stereocenters. The molecule has 6 nitrogen and oxygen atoms in total. The van der Waals surface area contributed by atoms with Crippen molar-refractivity contribution in [2.45, 2.75) is 18.9 Å². The van der Waals surface area contributed by atoms with Gasteiger partial charge in [-0.05, 0) is 48.6 Å². The molecule has 27 heavy (non-hydrogen) atoms. The first kappa shape index (κ1) is 17.5. The van der Waals surface area contributed by atoms with Crippen LogP contribution in [0.3, 0.4) is 0 Å². The number of amides is 2.